The Morgan fingerprint density at radius 1 is 1.33 bits per heavy atom. The monoisotopic (exact) mass is 277 g/mol. The predicted molar refractivity (Wildman–Crippen MR) is 64.1 cm³/mol. The van der Waals surface area contributed by atoms with Gasteiger partial charge in [-0.05, 0) is 25.7 Å². The minimum Gasteiger partial charge on any atom is -0.391 e. The van der Waals surface area contributed by atoms with E-state index in [1.54, 1.807) is 0 Å². The summed E-state index contributed by atoms with van der Waals surface area (Å²) in [6, 6.07) is -0.00443. The molecule has 0 bridgehead atoms. The van der Waals surface area contributed by atoms with Crippen LogP contribution in [-0.4, -0.2) is 28.5 Å². The van der Waals surface area contributed by atoms with Gasteiger partial charge in [-0.25, -0.2) is 0 Å². The number of hydrogen-bond donors (Lipinski definition) is 2. The zero-order valence-corrected chi connectivity index (χ0v) is 10.6. The molecule has 1 rings (SSSR count). The van der Waals surface area contributed by atoms with Crippen LogP contribution >= 0.6 is 15.9 Å². The number of unbranched alkanes of at least 4 members (excludes halogenated alkanes) is 1. The molecular weight excluding hydrogens is 258 g/mol. The Balaban J connectivity index is 2.18. The second-order valence-electron chi connectivity index (χ2n) is 4.17. The number of aliphatic hydroxyl groups is 1. The summed E-state index contributed by atoms with van der Waals surface area (Å²) in [6.07, 6.45) is 6.13. The van der Waals surface area contributed by atoms with Crippen molar-refractivity contribution < 1.29 is 9.90 Å². The lowest BCUT2D eigenvalue weighted by Crippen LogP contribution is -2.44. The van der Waals surface area contributed by atoms with Gasteiger partial charge in [0.25, 0.3) is 0 Å². The smallest absolute Gasteiger partial charge is 0.220 e. The van der Waals surface area contributed by atoms with E-state index in [1.807, 2.05) is 0 Å². The SMILES string of the molecule is O=C(CCCCBr)N[C@@H]1CCCC[C@H]1O. The van der Waals surface area contributed by atoms with E-state index in [9.17, 15) is 9.90 Å². The molecule has 1 fully saturated rings. The Hall–Kier alpha value is -0.0900. The maximum Gasteiger partial charge on any atom is 0.220 e. The van der Waals surface area contributed by atoms with Crippen molar-refractivity contribution in [1.82, 2.24) is 5.32 Å². The first-order valence-electron chi connectivity index (χ1n) is 5.77. The van der Waals surface area contributed by atoms with Crippen LogP contribution in [0.4, 0.5) is 0 Å². The van der Waals surface area contributed by atoms with Crippen LogP contribution in [0.2, 0.25) is 0 Å². The highest BCUT2D eigenvalue weighted by Crippen LogP contribution is 2.18. The number of aliphatic hydroxyl groups excluding tert-OH is 1. The summed E-state index contributed by atoms with van der Waals surface area (Å²) in [7, 11) is 0. The number of rotatable bonds is 5. The molecule has 0 aromatic heterocycles. The summed E-state index contributed by atoms with van der Waals surface area (Å²) in [5.74, 6) is 0.0851. The van der Waals surface area contributed by atoms with Crippen LogP contribution in [0, 0.1) is 0 Å². The third-order valence-electron chi connectivity index (χ3n) is 2.86. The molecule has 4 heteroatoms. The third kappa shape index (κ3) is 4.98. The van der Waals surface area contributed by atoms with Crippen LogP contribution in [0.5, 0.6) is 0 Å². The second-order valence-corrected chi connectivity index (χ2v) is 4.96. The molecule has 1 aliphatic carbocycles. The van der Waals surface area contributed by atoms with Crippen molar-refractivity contribution >= 4 is 21.8 Å². The Morgan fingerprint density at radius 3 is 2.73 bits per heavy atom. The molecule has 1 aliphatic rings. The molecule has 0 aliphatic heterocycles. The first-order chi connectivity index (χ1) is 7.24. The van der Waals surface area contributed by atoms with E-state index in [0.29, 0.717) is 6.42 Å². The lowest BCUT2D eigenvalue weighted by molar-refractivity contribution is -0.123. The molecule has 0 saturated heterocycles. The molecule has 0 aromatic rings. The molecule has 1 saturated carbocycles. The van der Waals surface area contributed by atoms with E-state index >= 15 is 0 Å². The highest BCUT2D eigenvalue weighted by Gasteiger charge is 2.23. The Kier molecular flexibility index (Phi) is 6.25. The van der Waals surface area contributed by atoms with Gasteiger partial charge < -0.3 is 10.4 Å². The molecule has 1 amide bonds. The van der Waals surface area contributed by atoms with E-state index in [-0.39, 0.29) is 18.1 Å². The molecule has 2 atom stereocenters. The number of nitrogens with one attached hydrogen (secondary N) is 1. The van der Waals surface area contributed by atoms with Gasteiger partial charge in [0.1, 0.15) is 0 Å². The van der Waals surface area contributed by atoms with Crippen LogP contribution in [0.25, 0.3) is 0 Å². The van der Waals surface area contributed by atoms with Crippen molar-refractivity contribution in [2.75, 3.05) is 5.33 Å². The van der Waals surface area contributed by atoms with E-state index in [1.165, 1.54) is 0 Å². The molecular formula is C11H20BrNO2. The average Bonchev–Trinajstić information content (AvgIpc) is 2.22. The largest absolute Gasteiger partial charge is 0.391 e. The van der Waals surface area contributed by atoms with Crippen LogP contribution in [0.3, 0.4) is 0 Å². The Morgan fingerprint density at radius 2 is 2.07 bits per heavy atom. The molecule has 0 aromatic carbocycles. The maximum atomic E-state index is 11.5. The lowest BCUT2D eigenvalue weighted by Gasteiger charge is -2.28. The fraction of sp³-hybridized carbons (Fsp3) is 0.909. The van der Waals surface area contributed by atoms with Crippen molar-refractivity contribution in [3.8, 4) is 0 Å². The van der Waals surface area contributed by atoms with Crippen LogP contribution in [0.15, 0.2) is 0 Å². The van der Waals surface area contributed by atoms with Crippen molar-refractivity contribution in [3.63, 3.8) is 0 Å². The minimum absolute atomic E-state index is 0.00443. The van der Waals surface area contributed by atoms with Gasteiger partial charge in [-0.3, -0.25) is 4.79 Å². The van der Waals surface area contributed by atoms with Crippen molar-refractivity contribution in [1.29, 1.82) is 0 Å². The summed E-state index contributed by atoms with van der Waals surface area (Å²) in [5, 5.41) is 13.5. The predicted octanol–water partition coefficient (Wildman–Crippen LogP) is 1.97. The van der Waals surface area contributed by atoms with Crippen LogP contribution < -0.4 is 5.32 Å². The van der Waals surface area contributed by atoms with E-state index in [2.05, 4.69) is 21.2 Å². The summed E-state index contributed by atoms with van der Waals surface area (Å²) >= 11 is 3.34. The molecule has 88 valence electrons. The normalized spacial score (nSPS) is 26.3. The highest BCUT2D eigenvalue weighted by molar-refractivity contribution is 9.09. The van der Waals surface area contributed by atoms with Gasteiger partial charge in [0.15, 0.2) is 0 Å². The first-order valence-corrected chi connectivity index (χ1v) is 6.89. The third-order valence-corrected chi connectivity index (χ3v) is 3.42. The van der Waals surface area contributed by atoms with Gasteiger partial charge >= 0.3 is 0 Å². The van der Waals surface area contributed by atoms with Crippen molar-refractivity contribution in [3.05, 3.63) is 0 Å². The summed E-state index contributed by atoms with van der Waals surface area (Å²) < 4.78 is 0. The molecule has 0 unspecified atom stereocenters. The number of alkyl halides is 1. The standard InChI is InChI=1S/C11H20BrNO2/c12-8-4-3-7-11(15)13-9-5-1-2-6-10(9)14/h9-10,14H,1-8H2,(H,13,15)/t9-,10-/m1/s1. The fourth-order valence-electron chi connectivity index (χ4n) is 1.94. The summed E-state index contributed by atoms with van der Waals surface area (Å²) in [6.45, 7) is 0. The molecule has 0 radical (unpaired) electrons. The molecule has 3 nitrogen and oxygen atoms in total. The van der Waals surface area contributed by atoms with Crippen LogP contribution in [-0.2, 0) is 4.79 Å². The number of hydrogen-bond acceptors (Lipinski definition) is 2. The topological polar surface area (TPSA) is 49.3 Å². The average molecular weight is 278 g/mol. The zero-order valence-electron chi connectivity index (χ0n) is 9.04. The summed E-state index contributed by atoms with van der Waals surface area (Å²) in [5.41, 5.74) is 0. The van der Waals surface area contributed by atoms with Gasteiger partial charge in [-0.15, -0.1) is 0 Å². The molecule has 0 heterocycles. The second kappa shape index (κ2) is 7.23. The van der Waals surface area contributed by atoms with Gasteiger partial charge in [0.05, 0.1) is 12.1 Å². The highest BCUT2D eigenvalue weighted by atomic mass is 79.9. The molecule has 15 heavy (non-hydrogen) atoms. The van der Waals surface area contributed by atoms with Crippen LogP contribution in [0.1, 0.15) is 44.9 Å². The lowest BCUT2D eigenvalue weighted by atomic mass is 9.92. The van der Waals surface area contributed by atoms with Gasteiger partial charge in [-0.1, -0.05) is 28.8 Å². The zero-order chi connectivity index (χ0) is 11.1. The van der Waals surface area contributed by atoms with E-state index in [0.717, 1.165) is 43.9 Å². The number of carbonyl (C=O) groups excluding carboxylic acids is 1. The Labute approximate surface area is 99.8 Å². The van der Waals surface area contributed by atoms with E-state index < -0.39 is 0 Å². The number of halogens is 1. The Bertz CT molecular complexity index is 199. The summed E-state index contributed by atoms with van der Waals surface area (Å²) in [4.78, 5) is 11.5. The maximum absolute atomic E-state index is 11.5. The van der Waals surface area contributed by atoms with Gasteiger partial charge in [0.2, 0.25) is 5.91 Å². The molecule has 0 spiro atoms. The number of carbonyl (C=O) groups is 1. The van der Waals surface area contributed by atoms with Crippen molar-refractivity contribution in [2.24, 2.45) is 0 Å². The van der Waals surface area contributed by atoms with E-state index in [4.69, 9.17) is 0 Å². The number of amides is 1. The quantitative estimate of drug-likeness (QED) is 0.596. The van der Waals surface area contributed by atoms with Crippen molar-refractivity contribution in [2.45, 2.75) is 57.1 Å². The molecule has 2 N–H and O–H groups in total. The minimum atomic E-state index is -0.334. The van der Waals surface area contributed by atoms with Gasteiger partial charge in [-0.2, -0.15) is 0 Å². The fourth-order valence-corrected chi connectivity index (χ4v) is 2.34. The first kappa shape index (κ1) is 13.0. The van der Waals surface area contributed by atoms with Gasteiger partial charge in [0, 0.05) is 11.8 Å².